The van der Waals surface area contributed by atoms with Crippen molar-refractivity contribution < 1.29 is 4.79 Å². The first-order chi connectivity index (χ1) is 7.06. The lowest BCUT2D eigenvalue weighted by Gasteiger charge is -2.22. The third-order valence-corrected chi connectivity index (χ3v) is 2.99. The van der Waals surface area contributed by atoms with E-state index in [1.54, 1.807) is 4.90 Å². The third-order valence-electron chi connectivity index (χ3n) is 2.99. The van der Waals surface area contributed by atoms with Crippen LogP contribution in [0.4, 0.5) is 0 Å². The maximum atomic E-state index is 11.8. The van der Waals surface area contributed by atoms with Crippen LogP contribution >= 0.6 is 0 Å². The summed E-state index contributed by atoms with van der Waals surface area (Å²) in [5.41, 5.74) is 5.84. The Hall–Kier alpha value is -1.08. The van der Waals surface area contributed by atoms with Crippen molar-refractivity contribution in [2.45, 2.75) is 45.2 Å². The largest absolute Gasteiger partial charge is 0.327 e. The van der Waals surface area contributed by atoms with E-state index in [1.807, 2.05) is 13.8 Å². The predicted molar refractivity (Wildman–Crippen MR) is 57.8 cm³/mol. The van der Waals surface area contributed by atoms with E-state index in [0.29, 0.717) is 18.9 Å². The summed E-state index contributed by atoms with van der Waals surface area (Å²) in [4.78, 5) is 13.5. The van der Waals surface area contributed by atoms with Gasteiger partial charge < -0.3 is 10.6 Å². The Morgan fingerprint density at radius 3 is 2.87 bits per heavy atom. The molecule has 1 fully saturated rings. The fourth-order valence-electron chi connectivity index (χ4n) is 1.75. The Bertz CT molecular complexity index is 269. The Labute approximate surface area is 91.0 Å². The Morgan fingerprint density at radius 1 is 1.67 bits per heavy atom. The van der Waals surface area contributed by atoms with Gasteiger partial charge in [-0.05, 0) is 18.8 Å². The summed E-state index contributed by atoms with van der Waals surface area (Å²) < 4.78 is 0. The SMILES string of the molecule is CC(C)C(N)CC(=O)N1CCCC1C#N. The van der Waals surface area contributed by atoms with Gasteiger partial charge in [0.1, 0.15) is 6.04 Å². The van der Waals surface area contributed by atoms with E-state index in [1.165, 1.54) is 0 Å². The number of amides is 1. The molecule has 1 aliphatic heterocycles. The van der Waals surface area contributed by atoms with Crippen molar-refractivity contribution in [3.8, 4) is 6.07 Å². The summed E-state index contributed by atoms with van der Waals surface area (Å²) in [7, 11) is 0. The molecule has 1 saturated heterocycles. The van der Waals surface area contributed by atoms with E-state index in [-0.39, 0.29) is 18.0 Å². The summed E-state index contributed by atoms with van der Waals surface area (Å²) in [6.07, 6.45) is 2.09. The highest BCUT2D eigenvalue weighted by atomic mass is 16.2. The van der Waals surface area contributed by atoms with Crippen LogP contribution in [0.2, 0.25) is 0 Å². The van der Waals surface area contributed by atoms with Gasteiger partial charge in [0.25, 0.3) is 0 Å². The molecule has 0 aromatic rings. The van der Waals surface area contributed by atoms with Crippen LogP contribution in [0.1, 0.15) is 33.1 Å². The van der Waals surface area contributed by atoms with E-state index >= 15 is 0 Å². The maximum Gasteiger partial charge on any atom is 0.225 e. The van der Waals surface area contributed by atoms with Crippen LogP contribution in [0.25, 0.3) is 0 Å². The van der Waals surface area contributed by atoms with Crippen molar-refractivity contribution in [2.75, 3.05) is 6.54 Å². The topological polar surface area (TPSA) is 70.1 Å². The van der Waals surface area contributed by atoms with Crippen molar-refractivity contribution in [3.05, 3.63) is 0 Å². The van der Waals surface area contributed by atoms with Gasteiger partial charge in [-0.3, -0.25) is 4.79 Å². The van der Waals surface area contributed by atoms with Crippen molar-refractivity contribution in [3.63, 3.8) is 0 Å². The number of likely N-dealkylation sites (tertiary alicyclic amines) is 1. The number of carbonyl (C=O) groups is 1. The lowest BCUT2D eigenvalue weighted by Crippen LogP contribution is -2.39. The second kappa shape index (κ2) is 5.13. The molecule has 0 aromatic heterocycles. The number of hydrogen-bond donors (Lipinski definition) is 1. The normalized spacial score (nSPS) is 22.9. The molecule has 2 atom stereocenters. The standard InChI is InChI=1S/C11H19N3O/c1-8(2)10(13)6-11(15)14-5-3-4-9(14)7-12/h8-10H,3-6,13H2,1-2H3. The van der Waals surface area contributed by atoms with Gasteiger partial charge in [-0.2, -0.15) is 5.26 Å². The molecule has 0 aliphatic carbocycles. The number of nitrogens with zero attached hydrogens (tertiary/aromatic N) is 2. The van der Waals surface area contributed by atoms with Crippen LogP contribution in [0.5, 0.6) is 0 Å². The summed E-state index contributed by atoms with van der Waals surface area (Å²) in [6.45, 7) is 4.72. The predicted octanol–water partition coefficient (Wildman–Crippen LogP) is 0.874. The first kappa shape index (κ1) is 12.0. The van der Waals surface area contributed by atoms with E-state index < -0.39 is 0 Å². The van der Waals surface area contributed by atoms with Crippen LogP contribution in [0.3, 0.4) is 0 Å². The highest BCUT2D eigenvalue weighted by molar-refractivity contribution is 5.77. The first-order valence-electron chi connectivity index (χ1n) is 5.51. The number of rotatable bonds is 3. The number of hydrogen-bond acceptors (Lipinski definition) is 3. The molecule has 0 aromatic carbocycles. The molecule has 0 saturated carbocycles. The zero-order valence-corrected chi connectivity index (χ0v) is 9.44. The van der Waals surface area contributed by atoms with Gasteiger partial charge in [-0.15, -0.1) is 0 Å². The Morgan fingerprint density at radius 2 is 2.33 bits per heavy atom. The van der Waals surface area contributed by atoms with E-state index in [4.69, 9.17) is 11.0 Å². The molecule has 1 rings (SSSR count). The minimum atomic E-state index is -0.225. The van der Waals surface area contributed by atoms with Crippen LogP contribution in [0, 0.1) is 17.2 Å². The van der Waals surface area contributed by atoms with Gasteiger partial charge in [0.2, 0.25) is 5.91 Å². The fourth-order valence-corrected chi connectivity index (χ4v) is 1.75. The molecular formula is C11H19N3O. The van der Waals surface area contributed by atoms with Crippen LogP contribution < -0.4 is 5.73 Å². The van der Waals surface area contributed by atoms with E-state index in [0.717, 1.165) is 12.8 Å². The van der Waals surface area contributed by atoms with Crippen molar-refractivity contribution in [2.24, 2.45) is 11.7 Å². The first-order valence-corrected chi connectivity index (χ1v) is 5.51. The van der Waals surface area contributed by atoms with Gasteiger partial charge in [-0.1, -0.05) is 13.8 Å². The average molecular weight is 209 g/mol. The molecule has 2 unspecified atom stereocenters. The van der Waals surface area contributed by atoms with Gasteiger partial charge in [0, 0.05) is 19.0 Å². The van der Waals surface area contributed by atoms with Crippen molar-refractivity contribution in [1.82, 2.24) is 4.90 Å². The molecule has 15 heavy (non-hydrogen) atoms. The second-order valence-corrected chi connectivity index (χ2v) is 4.49. The molecular weight excluding hydrogens is 190 g/mol. The minimum absolute atomic E-state index is 0.0280. The van der Waals surface area contributed by atoms with Crippen LogP contribution in [-0.4, -0.2) is 29.4 Å². The zero-order chi connectivity index (χ0) is 11.4. The highest BCUT2D eigenvalue weighted by Gasteiger charge is 2.29. The quantitative estimate of drug-likeness (QED) is 0.750. The van der Waals surface area contributed by atoms with E-state index in [9.17, 15) is 4.79 Å². The summed E-state index contributed by atoms with van der Waals surface area (Å²) in [6, 6.07) is 1.84. The lowest BCUT2D eigenvalue weighted by atomic mass is 10.0. The number of nitriles is 1. The van der Waals surface area contributed by atoms with Crippen molar-refractivity contribution in [1.29, 1.82) is 5.26 Å². The Kier molecular flexibility index (Phi) is 4.10. The lowest BCUT2D eigenvalue weighted by molar-refractivity contribution is -0.131. The average Bonchev–Trinajstić information content (AvgIpc) is 2.64. The second-order valence-electron chi connectivity index (χ2n) is 4.49. The third kappa shape index (κ3) is 2.93. The summed E-state index contributed by atoms with van der Waals surface area (Å²) in [5, 5.41) is 8.85. The summed E-state index contributed by atoms with van der Waals surface area (Å²) in [5.74, 6) is 0.331. The molecule has 2 N–H and O–H groups in total. The maximum absolute atomic E-state index is 11.8. The van der Waals surface area contributed by atoms with Gasteiger partial charge in [0.05, 0.1) is 6.07 Å². The molecule has 0 radical (unpaired) electrons. The van der Waals surface area contributed by atoms with Crippen molar-refractivity contribution >= 4 is 5.91 Å². The molecule has 1 heterocycles. The summed E-state index contributed by atoms with van der Waals surface area (Å²) >= 11 is 0. The smallest absolute Gasteiger partial charge is 0.225 e. The minimum Gasteiger partial charge on any atom is -0.327 e. The molecule has 1 aliphatic rings. The van der Waals surface area contributed by atoms with E-state index in [2.05, 4.69) is 6.07 Å². The van der Waals surface area contributed by atoms with Gasteiger partial charge in [0.15, 0.2) is 0 Å². The molecule has 1 amide bonds. The van der Waals surface area contributed by atoms with Gasteiger partial charge >= 0.3 is 0 Å². The molecule has 84 valence electrons. The monoisotopic (exact) mass is 209 g/mol. The zero-order valence-electron chi connectivity index (χ0n) is 9.44. The number of carbonyl (C=O) groups excluding carboxylic acids is 1. The molecule has 4 nitrogen and oxygen atoms in total. The molecule has 0 spiro atoms. The Balaban J connectivity index is 2.50. The molecule has 0 bridgehead atoms. The number of nitrogens with two attached hydrogens (primary N) is 1. The highest BCUT2D eigenvalue weighted by Crippen LogP contribution is 2.18. The van der Waals surface area contributed by atoms with Crippen LogP contribution in [0.15, 0.2) is 0 Å². The van der Waals surface area contributed by atoms with Crippen LogP contribution in [-0.2, 0) is 4.79 Å². The van der Waals surface area contributed by atoms with Gasteiger partial charge in [-0.25, -0.2) is 0 Å². The fraction of sp³-hybridized carbons (Fsp3) is 0.818. The molecule has 4 heteroatoms.